The normalized spacial score (nSPS) is 54.7. The Morgan fingerprint density at radius 2 is 1.54 bits per heavy atom. The van der Waals surface area contributed by atoms with Crippen molar-refractivity contribution in [2.75, 3.05) is 0 Å². The second kappa shape index (κ2) is 6.49. The van der Waals surface area contributed by atoms with Gasteiger partial charge in [-0.1, -0.05) is 27.7 Å². The van der Waals surface area contributed by atoms with Crippen LogP contribution in [0.5, 0.6) is 0 Å². The van der Waals surface area contributed by atoms with E-state index in [4.69, 9.17) is 4.74 Å². The molecule has 0 radical (unpaired) electrons. The number of rotatable bonds is 2. The van der Waals surface area contributed by atoms with Crippen molar-refractivity contribution in [2.45, 2.75) is 124 Å². The Hall–Kier alpha value is -1.07. The van der Waals surface area contributed by atoms with E-state index in [9.17, 15) is 19.5 Å². The van der Waals surface area contributed by atoms with Crippen LogP contribution in [-0.4, -0.2) is 39.8 Å². The van der Waals surface area contributed by atoms with Crippen molar-refractivity contribution in [1.29, 1.82) is 0 Å². The Labute approximate surface area is 210 Å². The molecule has 6 fully saturated rings. The molecule has 35 heavy (non-hydrogen) atoms. The highest BCUT2D eigenvalue weighted by atomic mass is 16.5. The van der Waals surface area contributed by atoms with Crippen LogP contribution in [0.25, 0.3) is 0 Å². The number of hydrogen-bond donors (Lipinski definition) is 1. The lowest BCUT2D eigenvalue weighted by Crippen LogP contribution is -2.60. The van der Waals surface area contributed by atoms with Crippen molar-refractivity contribution < 1.29 is 24.2 Å². The summed E-state index contributed by atoms with van der Waals surface area (Å²) in [7, 11) is 0. The molecule has 5 heteroatoms. The van der Waals surface area contributed by atoms with Gasteiger partial charge in [-0.2, -0.15) is 0 Å². The third-order valence-electron chi connectivity index (χ3n) is 13.1. The van der Waals surface area contributed by atoms with Gasteiger partial charge in [0.15, 0.2) is 0 Å². The molecule has 0 aromatic carbocycles. The zero-order valence-electron chi connectivity index (χ0n) is 22.8. The molecule has 194 valence electrons. The maximum atomic E-state index is 13.9. The van der Waals surface area contributed by atoms with Gasteiger partial charge in [0.1, 0.15) is 17.3 Å². The summed E-state index contributed by atoms with van der Waals surface area (Å²) < 4.78 is 6.57. The van der Waals surface area contributed by atoms with Gasteiger partial charge >= 0.3 is 0 Å². The molecule has 0 aromatic heterocycles. The summed E-state index contributed by atoms with van der Waals surface area (Å²) >= 11 is 0. The average molecular weight is 485 g/mol. The topological polar surface area (TPSA) is 80.7 Å². The van der Waals surface area contributed by atoms with Crippen LogP contribution >= 0.6 is 0 Å². The van der Waals surface area contributed by atoms with Crippen LogP contribution in [-0.2, 0) is 19.1 Å². The molecule has 2 unspecified atom stereocenters. The van der Waals surface area contributed by atoms with Gasteiger partial charge < -0.3 is 9.84 Å². The fraction of sp³-hybridized carbons (Fsp3) is 0.900. The molecular formula is C30H44O5. The summed E-state index contributed by atoms with van der Waals surface area (Å²) in [6.07, 6.45) is 6.81. The smallest absolute Gasteiger partial charge is 0.139 e. The van der Waals surface area contributed by atoms with Crippen LogP contribution in [0.15, 0.2) is 0 Å². The van der Waals surface area contributed by atoms with E-state index in [1.807, 2.05) is 13.8 Å². The van der Waals surface area contributed by atoms with Crippen LogP contribution in [0.3, 0.4) is 0 Å². The highest BCUT2D eigenvalue weighted by molar-refractivity contribution is 5.96. The highest BCUT2D eigenvalue weighted by Crippen LogP contribution is 2.88. The zero-order chi connectivity index (χ0) is 25.6. The molecular weight excluding hydrogens is 440 g/mol. The molecule has 1 heterocycles. The van der Waals surface area contributed by atoms with E-state index in [1.165, 1.54) is 0 Å². The molecule has 5 aliphatic carbocycles. The van der Waals surface area contributed by atoms with Crippen molar-refractivity contribution >= 4 is 17.3 Å². The van der Waals surface area contributed by atoms with Crippen molar-refractivity contribution in [2.24, 2.45) is 44.8 Å². The van der Waals surface area contributed by atoms with Crippen LogP contribution in [0.4, 0.5) is 0 Å². The van der Waals surface area contributed by atoms with E-state index >= 15 is 0 Å². The second-order valence-electron chi connectivity index (χ2n) is 15.3. The minimum atomic E-state index is -0.934. The largest absolute Gasteiger partial charge is 0.388 e. The first kappa shape index (κ1) is 24.3. The fourth-order valence-electron chi connectivity index (χ4n) is 11.3. The van der Waals surface area contributed by atoms with Gasteiger partial charge in [0.25, 0.3) is 0 Å². The monoisotopic (exact) mass is 484 g/mol. The van der Waals surface area contributed by atoms with Gasteiger partial charge in [-0.3, -0.25) is 14.4 Å². The maximum absolute atomic E-state index is 13.9. The number of Topliss-reactive ketones (excluding diaryl/α,β-unsaturated/α-hetero) is 3. The first-order valence-electron chi connectivity index (χ1n) is 14.0. The molecule has 9 atom stereocenters. The van der Waals surface area contributed by atoms with Crippen molar-refractivity contribution in [3.8, 4) is 0 Å². The van der Waals surface area contributed by atoms with E-state index in [2.05, 4.69) is 20.8 Å². The first-order valence-corrected chi connectivity index (χ1v) is 14.0. The Bertz CT molecular complexity index is 1040. The lowest BCUT2D eigenvalue weighted by molar-refractivity contribution is -0.187. The molecule has 1 saturated heterocycles. The Morgan fingerprint density at radius 1 is 0.857 bits per heavy atom. The first-order chi connectivity index (χ1) is 16.0. The number of fused-ring (bicyclic) bond motifs is 2. The van der Waals surface area contributed by atoms with Crippen molar-refractivity contribution in [1.82, 2.24) is 0 Å². The minimum Gasteiger partial charge on any atom is -0.388 e. The second-order valence-corrected chi connectivity index (χ2v) is 15.3. The molecule has 0 amide bonds. The summed E-state index contributed by atoms with van der Waals surface area (Å²) in [5, 5.41) is 10.6. The van der Waals surface area contributed by atoms with Crippen LogP contribution in [0, 0.1) is 44.8 Å². The summed E-state index contributed by atoms with van der Waals surface area (Å²) in [4.78, 5) is 40.7. The highest BCUT2D eigenvalue weighted by Gasteiger charge is 2.85. The van der Waals surface area contributed by atoms with Crippen LogP contribution in [0.2, 0.25) is 0 Å². The molecule has 1 N–H and O–H groups in total. The van der Waals surface area contributed by atoms with E-state index in [1.54, 1.807) is 13.8 Å². The molecule has 2 spiro atoms. The molecule has 6 aliphatic rings. The van der Waals surface area contributed by atoms with Gasteiger partial charge in [0.05, 0.1) is 23.2 Å². The van der Waals surface area contributed by atoms with Crippen LogP contribution in [0.1, 0.15) is 106 Å². The number of ether oxygens (including phenoxy) is 1. The quantitative estimate of drug-likeness (QED) is 0.592. The number of carbonyl (C=O) groups is 3. The van der Waals surface area contributed by atoms with Crippen molar-refractivity contribution in [3.63, 3.8) is 0 Å². The summed E-state index contributed by atoms with van der Waals surface area (Å²) in [6.45, 7) is 14.3. The van der Waals surface area contributed by atoms with Gasteiger partial charge in [-0.15, -0.1) is 0 Å². The standard InChI is InChI=1S/C30H44O5/c1-24(2)20(33)8-11-30-16-29(30)13-12-26(5)23(28(7)10-9-21(35-28)25(3,4)34)18(32)15-27(26,6)19(29)14-17(31)22(24)30/h19,21-23,34H,8-16H2,1-7H3/t19-,21-,22-,23?,26+,27-,28+,29-,30?/m0/s1. The van der Waals surface area contributed by atoms with Gasteiger partial charge in [-0.25, -0.2) is 0 Å². The predicted molar refractivity (Wildman–Crippen MR) is 131 cm³/mol. The van der Waals surface area contributed by atoms with Crippen LogP contribution < -0.4 is 0 Å². The minimum absolute atomic E-state index is 0.0460. The third-order valence-corrected chi connectivity index (χ3v) is 13.1. The third kappa shape index (κ3) is 2.61. The molecule has 5 nitrogen and oxygen atoms in total. The Balaban J connectivity index is 1.38. The van der Waals surface area contributed by atoms with E-state index < -0.39 is 16.6 Å². The fourth-order valence-corrected chi connectivity index (χ4v) is 11.3. The van der Waals surface area contributed by atoms with Gasteiger partial charge in [0, 0.05) is 30.6 Å². The number of carbonyl (C=O) groups excluding carboxylic acids is 3. The lowest BCUT2D eigenvalue weighted by Gasteiger charge is -2.62. The van der Waals surface area contributed by atoms with Crippen molar-refractivity contribution in [3.05, 3.63) is 0 Å². The van der Waals surface area contributed by atoms with E-state index in [-0.39, 0.29) is 62.9 Å². The molecule has 0 aromatic rings. The maximum Gasteiger partial charge on any atom is 0.139 e. The summed E-state index contributed by atoms with van der Waals surface area (Å²) in [6, 6.07) is 0. The Morgan fingerprint density at radius 3 is 2.17 bits per heavy atom. The molecule has 6 rings (SSSR count). The molecule has 5 saturated carbocycles. The zero-order valence-corrected chi connectivity index (χ0v) is 22.8. The number of ketones is 3. The summed E-state index contributed by atoms with van der Waals surface area (Å²) in [5.74, 6) is 0.638. The predicted octanol–water partition coefficient (Wildman–Crippen LogP) is 5.06. The van der Waals surface area contributed by atoms with Gasteiger partial charge in [0.2, 0.25) is 0 Å². The van der Waals surface area contributed by atoms with E-state index in [0.29, 0.717) is 19.3 Å². The van der Waals surface area contributed by atoms with E-state index in [0.717, 1.165) is 38.5 Å². The number of aliphatic hydroxyl groups is 1. The SMILES string of the molecule is CC(C)(O)[C@@H]1CC[C@](C)(C2C(=O)C[C@@]3(C)[C@@H]4CC(=O)[C@H]5C(C)(C)C(=O)CCC56C[C@@]46CC[C@]23C)O1. The Kier molecular flexibility index (Phi) is 4.50. The lowest BCUT2D eigenvalue weighted by atomic mass is 9.41. The number of hydrogen-bond acceptors (Lipinski definition) is 5. The summed E-state index contributed by atoms with van der Waals surface area (Å²) in [5.41, 5.74) is -2.52. The molecule has 0 bridgehead atoms. The molecule has 1 aliphatic heterocycles. The average Bonchev–Trinajstić information content (AvgIpc) is 3.08. The van der Waals surface area contributed by atoms with Gasteiger partial charge in [-0.05, 0) is 86.9 Å².